The second kappa shape index (κ2) is 5.64. The Morgan fingerprint density at radius 3 is 2.60 bits per heavy atom. The highest BCUT2D eigenvalue weighted by molar-refractivity contribution is 5.69. The van der Waals surface area contributed by atoms with Crippen LogP contribution in [0.15, 0.2) is 10.6 Å². The van der Waals surface area contributed by atoms with E-state index in [1.165, 1.54) is 6.20 Å². The molecule has 0 aliphatic carbocycles. The van der Waals surface area contributed by atoms with Crippen LogP contribution in [0.4, 0.5) is 4.79 Å². The topological polar surface area (TPSA) is 72.6 Å². The molecule has 1 amide bonds. The lowest BCUT2D eigenvalue weighted by molar-refractivity contribution is 0.0199. The Bertz CT molecular complexity index is 482. The predicted octanol–water partition coefficient (Wildman–Crippen LogP) is 2.60. The van der Waals surface area contributed by atoms with Gasteiger partial charge in [-0.05, 0) is 33.6 Å². The molecule has 2 heterocycles. The predicted molar refractivity (Wildman–Crippen MR) is 71.7 cm³/mol. The molecular weight excluding hydrogens is 260 g/mol. The molecule has 1 fully saturated rings. The quantitative estimate of drug-likeness (QED) is 0.778. The maximum absolute atomic E-state index is 11.9. The maximum Gasteiger partial charge on any atom is 0.410 e. The van der Waals surface area contributed by atoms with Gasteiger partial charge in [0.25, 0.3) is 0 Å². The number of oxazole rings is 1. The average molecular weight is 280 g/mol. The van der Waals surface area contributed by atoms with Crippen molar-refractivity contribution in [2.45, 2.75) is 45.1 Å². The Kier molecular flexibility index (Phi) is 4.11. The van der Waals surface area contributed by atoms with E-state index in [9.17, 15) is 9.59 Å². The Hall–Kier alpha value is -1.85. The number of likely N-dealkylation sites (tertiary alicyclic amines) is 1. The van der Waals surface area contributed by atoms with Crippen molar-refractivity contribution in [2.75, 3.05) is 13.1 Å². The van der Waals surface area contributed by atoms with Gasteiger partial charge in [0.1, 0.15) is 5.60 Å². The summed E-state index contributed by atoms with van der Waals surface area (Å²) in [5.41, 5.74) is -0.477. The number of amides is 1. The van der Waals surface area contributed by atoms with Crippen LogP contribution < -0.4 is 0 Å². The SMILES string of the molecule is CC(C)(C)OC(=O)N1CCC(c2ncc(C=O)o2)CC1. The Morgan fingerprint density at radius 1 is 1.45 bits per heavy atom. The minimum Gasteiger partial charge on any atom is -0.444 e. The molecule has 0 saturated carbocycles. The zero-order chi connectivity index (χ0) is 14.8. The van der Waals surface area contributed by atoms with Crippen LogP contribution in [0.5, 0.6) is 0 Å². The van der Waals surface area contributed by atoms with Crippen molar-refractivity contribution < 1.29 is 18.7 Å². The summed E-state index contributed by atoms with van der Waals surface area (Å²) in [7, 11) is 0. The number of hydrogen-bond donors (Lipinski definition) is 0. The summed E-state index contributed by atoms with van der Waals surface area (Å²) in [4.78, 5) is 28.3. The van der Waals surface area contributed by atoms with Gasteiger partial charge in [0.05, 0.1) is 6.20 Å². The first-order valence-electron chi connectivity index (χ1n) is 6.78. The summed E-state index contributed by atoms with van der Waals surface area (Å²) >= 11 is 0. The molecular formula is C14H20N2O4. The molecule has 0 spiro atoms. The number of aromatic nitrogens is 1. The Balaban J connectivity index is 1.89. The van der Waals surface area contributed by atoms with Crippen LogP contribution >= 0.6 is 0 Å². The van der Waals surface area contributed by atoms with Crippen LogP contribution in [0, 0.1) is 0 Å². The molecule has 6 heteroatoms. The second-order valence-electron chi connectivity index (χ2n) is 5.96. The van der Waals surface area contributed by atoms with Gasteiger partial charge in [0, 0.05) is 19.0 Å². The van der Waals surface area contributed by atoms with Gasteiger partial charge in [-0.15, -0.1) is 0 Å². The van der Waals surface area contributed by atoms with Gasteiger partial charge in [-0.2, -0.15) is 0 Å². The van der Waals surface area contributed by atoms with Crippen molar-refractivity contribution in [3.63, 3.8) is 0 Å². The van der Waals surface area contributed by atoms with E-state index in [2.05, 4.69) is 4.98 Å². The third-order valence-electron chi connectivity index (χ3n) is 3.15. The molecule has 1 aromatic heterocycles. The largest absolute Gasteiger partial charge is 0.444 e. The highest BCUT2D eigenvalue weighted by Crippen LogP contribution is 2.28. The molecule has 0 radical (unpaired) electrons. The van der Waals surface area contributed by atoms with Gasteiger partial charge in [-0.3, -0.25) is 4.79 Å². The first-order valence-corrected chi connectivity index (χ1v) is 6.78. The molecule has 0 unspecified atom stereocenters. The highest BCUT2D eigenvalue weighted by atomic mass is 16.6. The summed E-state index contributed by atoms with van der Waals surface area (Å²) in [5.74, 6) is 0.980. The van der Waals surface area contributed by atoms with E-state index in [-0.39, 0.29) is 17.8 Å². The average Bonchev–Trinajstić information content (AvgIpc) is 2.85. The van der Waals surface area contributed by atoms with Crippen molar-refractivity contribution in [1.82, 2.24) is 9.88 Å². The number of piperidine rings is 1. The normalized spacial score (nSPS) is 17.1. The third kappa shape index (κ3) is 3.59. The van der Waals surface area contributed by atoms with E-state index >= 15 is 0 Å². The molecule has 1 aliphatic rings. The van der Waals surface area contributed by atoms with Crippen LogP contribution in [-0.2, 0) is 4.74 Å². The smallest absolute Gasteiger partial charge is 0.410 e. The Morgan fingerprint density at radius 2 is 2.10 bits per heavy atom. The Labute approximate surface area is 118 Å². The number of carbonyl (C=O) groups excluding carboxylic acids is 2. The van der Waals surface area contributed by atoms with Crippen molar-refractivity contribution in [2.24, 2.45) is 0 Å². The molecule has 20 heavy (non-hydrogen) atoms. The number of hydrogen-bond acceptors (Lipinski definition) is 5. The number of nitrogens with zero attached hydrogens (tertiary/aromatic N) is 2. The van der Waals surface area contributed by atoms with Crippen LogP contribution in [-0.4, -0.2) is 41.0 Å². The first-order chi connectivity index (χ1) is 9.39. The van der Waals surface area contributed by atoms with Crippen molar-refractivity contribution in [1.29, 1.82) is 0 Å². The van der Waals surface area contributed by atoms with Crippen LogP contribution in [0.3, 0.4) is 0 Å². The lowest BCUT2D eigenvalue weighted by Gasteiger charge is -2.32. The summed E-state index contributed by atoms with van der Waals surface area (Å²) < 4.78 is 10.7. The standard InChI is InChI=1S/C14H20N2O4/c1-14(2,3)20-13(18)16-6-4-10(5-7-16)12-15-8-11(9-17)19-12/h8-10H,4-7H2,1-3H3. The van der Waals surface area contributed by atoms with Gasteiger partial charge in [0.15, 0.2) is 17.9 Å². The summed E-state index contributed by atoms with van der Waals surface area (Å²) in [5, 5.41) is 0. The molecule has 1 aromatic rings. The van der Waals surface area contributed by atoms with Crippen LogP contribution in [0.2, 0.25) is 0 Å². The fourth-order valence-corrected chi connectivity index (χ4v) is 2.18. The minimum absolute atomic E-state index is 0.155. The molecule has 0 N–H and O–H groups in total. The molecule has 1 saturated heterocycles. The number of ether oxygens (including phenoxy) is 1. The van der Waals surface area contributed by atoms with Crippen LogP contribution in [0.25, 0.3) is 0 Å². The first kappa shape index (κ1) is 14.6. The van der Waals surface area contributed by atoms with Gasteiger partial charge in [-0.25, -0.2) is 9.78 Å². The van der Waals surface area contributed by atoms with E-state index in [0.29, 0.717) is 25.3 Å². The van der Waals surface area contributed by atoms with Gasteiger partial charge < -0.3 is 14.1 Å². The van der Waals surface area contributed by atoms with E-state index in [4.69, 9.17) is 9.15 Å². The summed E-state index contributed by atoms with van der Waals surface area (Å²) in [6.45, 7) is 6.78. The van der Waals surface area contributed by atoms with Crippen LogP contribution in [0.1, 0.15) is 56.0 Å². The monoisotopic (exact) mass is 280 g/mol. The zero-order valence-corrected chi connectivity index (χ0v) is 12.1. The molecule has 0 aromatic carbocycles. The molecule has 0 bridgehead atoms. The zero-order valence-electron chi connectivity index (χ0n) is 12.1. The molecule has 6 nitrogen and oxygen atoms in total. The van der Waals surface area contributed by atoms with Crippen molar-refractivity contribution in [3.05, 3.63) is 17.8 Å². The maximum atomic E-state index is 11.9. The van der Waals surface area contributed by atoms with Gasteiger partial charge in [-0.1, -0.05) is 0 Å². The molecule has 0 atom stereocenters. The molecule has 2 rings (SSSR count). The highest BCUT2D eigenvalue weighted by Gasteiger charge is 2.29. The second-order valence-corrected chi connectivity index (χ2v) is 5.96. The fraction of sp³-hybridized carbons (Fsp3) is 0.643. The number of carbonyl (C=O) groups is 2. The van der Waals surface area contributed by atoms with E-state index < -0.39 is 5.60 Å². The lowest BCUT2D eigenvalue weighted by atomic mass is 9.97. The van der Waals surface area contributed by atoms with E-state index in [1.54, 1.807) is 4.90 Å². The van der Waals surface area contributed by atoms with E-state index in [1.807, 2.05) is 20.8 Å². The number of aldehydes is 1. The summed E-state index contributed by atoms with van der Waals surface area (Å²) in [6.07, 6.45) is 3.32. The lowest BCUT2D eigenvalue weighted by Crippen LogP contribution is -2.41. The third-order valence-corrected chi connectivity index (χ3v) is 3.15. The van der Waals surface area contributed by atoms with Crippen molar-refractivity contribution >= 4 is 12.4 Å². The van der Waals surface area contributed by atoms with E-state index in [0.717, 1.165) is 12.8 Å². The number of rotatable bonds is 2. The summed E-state index contributed by atoms with van der Waals surface area (Å²) in [6, 6.07) is 0. The van der Waals surface area contributed by atoms with Crippen molar-refractivity contribution in [3.8, 4) is 0 Å². The van der Waals surface area contributed by atoms with Gasteiger partial charge >= 0.3 is 6.09 Å². The molecule has 1 aliphatic heterocycles. The molecule has 110 valence electrons. The fourth-order valence-electron chi connectivity index (χ4n) is 2.18. The van der Waals surface area contributed by atoms with Gasteiger partial charge in [0.2, 0.25) is 0 Å². The minimum atomic E-state index is -0.477.